The van der Waals surface area contributed by atoms with Crippen LogP contribution in [0.4, 0.5) is 0 Å². The lowest BCUT2D eigenvalue weighted by Crippen LogP contribution is -2.05. The fourth-order valence-corrected chi connectivity index (χ4v) is 2.50. The van der Waals surface area contributed by atoms with Gasteiger partial charge in [-0.05, 0) is 35.4 Å². The molecule has 4 heteroatoms. The number of benzene rings is 2. The molecular formula is C16H13ClO3. The quantitative estimate of drug-likeness (QED) is 0.810. The van der Waals surface area contributed by atoms with E-state index < -0.39 is 0 Å². The summed E-state index contributed by atoms with van der Waals surface area (Å²) in [5.41, 5.74) is 3.30. The van der Waals surface area contributed by atoms with E-state index in [4.69, 9.17) is 21.1 Å². The number of rotatable bonds is 3. The predicted molar refractivity (Wildman–Crippen MR) is 76.4 cm³/mol. The molecular weight excluding hydrogens is 276 g/mol. The minimum Gasteiger partial charge on any atom is -0.496 e. The standard InChI is InChI=1S/C16H13ClO3/c1-19-15-5-4-13(17)7-14(15)16(18)10-2-3-11-8-20-9-12(11)6-10/h2-7H,8-9H2,1H3. The molecule has 0 unspecified atom stereocenters. The van der Waals surface area contributed by atoms with Crippen LogP contribution in [0.5, 0.6) is 5.75 Å². The monoisotopic (exact) mass is 288 g/mol. The van der Waals surface area contributed by atoms with Gasteiger partial charge in [0.2, 0.25) is 0 Å². The molecule has 1 aliphatic heterocycles. The SMILES string of the molecule is COc1ccc(Cl)cc1C(=O)c1ccc2c(c1)COC2. The van der Waals surface area contributed by atoms with Gasteiger partial charge >= 0.3 is 0 Å². The maximum absolute atomic E-state index is 12.6. The van der Waals surface area contributed by atoms with Crippen LogP contribution in [0.25, 0.3) is 0 Å². The summed E-state index contributed by atoms with van der Waals surface area (Å²) in [5.74, 6) is 0.426. The molecule has 0 atom stereocenters. The molecule has 3 nitrogen and oxygen atoms in total. The lowest BCUT2D eigenvalue weighted by molar-refractivity contribution is 0.103. The van der Waals surface area contributed by atoms with Gasteiger partial charge < -0.3 is 9.47 Å². The first-order valence-electron chi connectivity index (χ1n) is 6.27. The molecule has 0 radical (unpaired) electrons. The lowest BCUT2D eigenvalue weighted by Gasteiger charge is -2.09. The van der Waals surface area contributed by atoms with Crippen molar-refractivity contribution in [2.24, 2.45) is 0 Å². The third-order valence-corrected chi connectivity index (χ3v) is 3.62. The highest BCUT2D eigenvalue weighted by molar-refractivity contribution is 6.31. The number of halogens is 1. The van der Waals surface area contributed by atoms with Crippen LogP contribution >= 0.6 is 11.6 Å². The number of methoxy groups -OCH3 is 1. The Morgan fingerprint density at radius 3 is 2.75 bits per heavy atom. The van der Waals surface area contributed by atoms with E-state index >= 15 is 0 Å². The van der Waals surface area contributed by atoms with Crippen molar-refractivity contribution in [1.82, 2.24) is 0 Å². The summed E-state index contributed by atoms with van der Waals surface area (Å²) in [6.07, 6.45) is 0. The molecule has 0 saturated carbocycles. The van der Waals surface area contributed by atoms with Gasteiger partial charge in [0.15, 0.2) is 5.78 Å². The smallest absolute Gasteiger partial charge is 0.196 e. The van der Waals surface area contributed by atoms with Crippen molar-refractivity contribution in [3.05, 3.63) is 63.7 Å². The molecule has 102 valence electrons. The normalized spacial score (nSPS) is 13.1. The van der Waals surface area contributed by atoms with Crippen molar-refractivity contribution < 1.29 is 14.3 Å². The first-order chi connectivity index (χ1) is 9.69. The molecule has 0 bridgehead atoms. The van der Waals surface area contributed by atoms with E-state index in [0.29, 0.717) is 35.1 Å². The van der Waals surface area contributed by atoms with Crippen LogP contribution < -0.4 is 4.74 Å². The van der Waals surface area contributed by atoms with Gasteiger partial charge in [0, 0.05) is 10.6 Å². The molecule has 0 aliphatic carbocycles. The van der Waals surface area contributed by atoms with E-state index in [-0.39, 0.29) is 5.78 Å². The molecule has 2 aromatic carbocycles. The minimum absolute atomic E-state index is 0.0981. The van der Waals surface area contributed by atoms with Gasteiger partial charge in [-0.25, -0.2) is 0 Å². The van der Waals surface area contributed by atoms with Crippen molar-refractivity contribution in [2.75, 3.05) is 7.11 Å². The number of carbonyl (C=O) groups excluding carboxylic acids is 1. The van der Waals surface area contributed by atoms with Crippen LogP contribution in [0.15, 0.2) is 36.4 Å². The van der Waals surface area contributed by atoms with E-state index in [1.807, 2.05) is 18.2 Å². The first-order valence-corrected chi connectivity index (χ1v) is 6.64. The fourth-order valence-electron chi connectivity index (χ4n) is 2.33. The van der Waals surface area contributed by atoms with E-state index in [9.17, 15) is 4.79 Å². The van der Waals surface area contributed by atoms with Crippen LogP contribution in [0.2, 0.25) is 5.02 Å². The van der Waals surface area contributed by atoms with Gasteiger partial charge in [0.05, 0.1) is 25.9 Å². The predicted octanol–water partition coefficient (Wildman–Crippen LogP) is 3.61. The third kappa shape index (κ3) is 2.30. The minimum atomic E-state index is -0.0981. The molecule has 0 fully saturated rings. The fraction of sp³-hybridized carbons (Fsp3) is 0.188. The number of ketones is 1. The van der Waals surface area contributed by atoms with Crippen molar-refractivity contribution >= 4 is 17.4 Å². The first kappa shape index (κ1) is 13.2. The summed E-state index contributed by atoms with van der Waals surface area (Å²) in [5, 5.41) is 0.513. The molecule has 0 aromatic heterocycles. The number of hydrogen-bond donors (Lipinski definition) is 0. The maximum Gasteiger partial charge on any atom is 0.196 e. The Labute approximate surface area is 122 Å². The molecule has 0 N–H and O–H groups in total. The van der Waals surface area contributed by atoms with E-state index in [1.165, 1.54) is 7.11 Å². The zero-order valence-corrected chi connectivity index (χ0v) is 11.7. The second kappa shape index (κ2) is 5.27. The summed E-state index contributed by atoms with van der Waals surface area (Å²) in [4.78, 5) is 12.6. The second-order valence-corrected chi connectivity index (χ2v) is 5.09. The summed E-state index contributed by atoms with van der Waals surface area (Å²) in [7, 11) is 1.54. The molecule has 1 heterocycles. The Balaban J connectivity index is 2.02. The van der Waals surface area contributed by atoms with E-state index in [2.05, 4.69) is 0 Å². The van der Waals surface area contributed by atoms with Gasteiger partial charge in [-0.3, -0.25) is 4.79 Å². The highest BCUT2D eigenvalue weighted by atomic mass is 35.5. The van der Waals surface area contributed by atoms with Gasteiger partial charge in [-0.1, -0.05) is 23.7 Å². The summed E-state index contributed by atoms with van der Waals surface area (Å²) < 4.78 is 10.6. The van der Waals surface area contributed by atoms with Gasteiger partial charge in [-0.15, -0.1) is 0 Å². The van der Waals surface area contributed by atoms with E-state index in [0.717, 1.165) is 11.1 Å². The van der Waals surface area contributed by atoms with Gasteiger partial charge in [0.25, 0.3) is 0 Å². The Morgan fingerprint density at radius 1 is 1.15 bits per heavy atom. The van der Waals surface area contributed by atoms with Crippen LogP contribution in [0, 0.1) is 0 Å². The van der Waals surface area contributed by atoms with Crippen molar-refractivity contribution in [3.63, 3.8) is 0 Å². The topological polar surface area (TPSA) is 35.5 Å². The van der Waals surface area contributed by atoms with Gasteiger partial charge in [-0.2, -0.15) is 0 Å². The average molecular weight is 289 g/mol. The summed E-state index contributed by atoms with van der Waals surface area (Å²) in [6.45, 7) is 1.17. The molecule has 2 aromatic rings. The molecule has 0 saturated heterocycles. The summed E-state index contributed by atoms with van der Waals surface area (Å²) in [6, 6.07) is 10.7. The molecule has 20 heavy (non-hydrogen) atoms. The Kier molecular flexibility index (Phi) is 3.47. The Hall–Kier alpha value is -1.84. The number of ether oxygens (including phenoxy) is 2. The van der Waals surface area contributed by atoms with Crippen LogP contribution in [0.1, 0.15) is 27.0 Å². The number of fused-ring (bicyclic) bond motifs is 1. The second-order valence-electron chi connectivity index (χ2n) is 4.65. The maximum atomic E-state index is 12.6. The number of carbonyl (C=O) groups is 1. The third-order valence-electron chi connectivity index (χ3n) is 3.39. The highest BCUT2D eigenvalue weighted by Crippen LogP contribution is 2.27. The van der Waals surface area contributed by atoms with Gasteiger partial charge in [0.1, 0.15) is 5.75 Å². The van der Waals surface area contributed by atoms with Crippen molar-refractivity contribution in [2.45, 2.75) is 13.2 Å². The summed E-state index contributed by atoms with van der Waals surface area (Å²) >= 11 is 5.97. The van der Waals surface area contributed by atoms with Crippen molar-refractivity contribution in [3.8, 4) is 5.75 Å². The molecule has 3 rings (SSSR count). The molecule has 0 spiro atoms. The van der Waals surface area contributed by atoms with Crippen LogP contribution in [-0.2, 0) is 18.0 Å². The molecule has 0 amide bonds. The number of hydrogen-bond acceptors (Lipinski definition) is 3. The zero-order chi connectivity index (χ0) is 14.1. The lowest BCUT2D eigenvalue weighted by atomic mass is 9.99. The van der Waals surface area contributed by atoms with Crippen LogP contribution in [-0.4, -0.2) is 12.9 Å². The molecule has 1 aliphatic rings. The average Bonchev–Trinajstić information content (AvgIpc) is 2.93. The Morgan fingerprint density at radius 2 is 1.95 bits per heavy atom. The van der Waals surface area contributed by atoms with E-state index in [1.54, 1.807) is 18.2 Å². The van der Waals surface area contributed by atoms with Crippen LogP contribution in [0.3, 0.4) is 0 Å². The Bertz CT molecular complexity index is 679. The highest BCUT2D eigenvalue weighted by Gasteiger charge is 2.18. The largest absolute Gasteiger partial charge is 0.496 e. The van der Waals surface area contributed by atoms with Crippen molar-refractivity contribution in [1.29, 1.82) is 0 Å². The zero-order valence-electron chi connectivity index (χ0n) is 11.0.